The Morgan fingerprint density at radius 1 is 1.24 bits per heavy atom. The molecule has 3 heteroatoms. The molecule has 0 atom stereocenters. The second kappa shape index (κ2) is 6.27. The number of rotatable bonds is 4. The molecule has 0 unspecified atom stereocenters. The van der Waals surface area contributed by atoms with Gasteiger partial charge in [-0.3, -0.25) is 0 Å². The molecule has 0 bridgehead atoms. The van der Waals surface area contributed by atoms with E-state index in [1.54, 1.807) is 6.07 Å². The molecule has 0 aromatic heterocycles. The summed E-state index contributed by atoms with van der Waals surface area (Å²) >= 11 is 5.85. The number of hydrogen-bond donors (Lipinski definition) is 1. The lowest BCUT2D eigenvalue weighted by atomic mass is 9.90. The summed E-state index contributed by atoms with van der Waals surface area (Å²) < 4.78 is 5.76. The lowest BCUT2D eigenvalue weighted by Gasteiger charge is -2.21. The van der Waals surface area contributed by atoms with Crippen molar-refractivity contribution in [1.82, 2.24) is 0 Å². The minimum atomic E-state index is 0.597. The first kappa shape index (κ1) is 12.7. The summed E-state index contributed by atoms with van der Waals surface area (Å²) in [5, 5.41) is 0.679. The van der Waals surface area contributed by atoms with Crippen molar-refractivity contribution in [1.29, 1.82) is 0 Å². The van der Waals surface area contributed by atoms with Gasteiger partial charge in [-0.15, -0.1) is 0 Å². The van der Waals surface area contributed by atoms with E-state index in [1.807, 2.05) is 12.1 Å². The molecular formula is C14H20ClNO. The molecule has 0 amide bonds. The van der Waals surface area contributed by atoms with Crippen LogP contribution in [0.15, 0.2) is 18.2 Å². The smallest absolute Gasteiger partial charge is 0.0737 e. The van der Waals surface area contributed by atoms with Gasteiger partial charge in [-0.05, 0) is 30.9 Å². The number of benzene rings is 1. The number of nitrogens with two attached hydrogens (primary N) is 1. The minimum absolute atomic E-state index is 0.597. The number of ether oxygens (including phenoxy) is 1. The van der Waals surface area contributed by atoms with E-state index < -0.39 is 0 Å². The Hall–Kier alpha value is -0.730. The Morgan fingerprint density at radius 3 is 2.71 bits per heavy atom. The third-order valence-electron chi connectivity index (χ3n) is 3.44. The summed E-state index contributed by atoms with van der Waals surface area (Å²) in [5.41, 5.74) is 7.63. The van der Waals surface area contributed by atoms with Gasteiger partial charge in [-0.1, -0.05) is 36.9 Å². The first-order valence-corrected chi connectivity index (χ1v) is 6.75. The third kappa shape index (κ3) is 3.90. The van der Waals surface area contributed by atoms with E-state index in [1.165, 1.54) is 32.1 Å². The van der Waals surface area contributed by atoms with Crippen molar-refractivity contribution in [2.75, 3.05) is 12.3 Å². The van der Waals surface area contributed by atoms with E-state index in [-0.39, 0.29) is 0 Å². The Kier molecular flexibility index (Phi) is 4.69. The highest BCUT2D eigenvalue weighted by molar-refractivity contribution is 6.30. The minimum Gasteiger partial charge on any atom is -0.398 e. The highest BCUT2D eigenvalue weighted by Gasteiger charge is 2.13. The van der Waals surface area contributed by atoms with Gasteiger partial charge in [-0.25, -0.2) is 0 Å². The molecule has 0 aliphatic heterocycles. The van der Waals surface area contributed by atoms with Gasteiger partial charge < -0.3 is 10.5 Å². The first-order valence-electron chi connectivity index (χ1n) is 6.37. The maximum Gasteiger partial charge on any atom is 0.0737 e. The van der Waals surface area contributed by atoms with Crippen molar-refractivity contribution in [3.63, 3.8) is 0 Å². The summed E-state index contributed by atoms with van der Waals surface area (Å²) in [6.07, 6.45) is 6.74. The number of nitrogen functional groups attached to an aromatic ring is 1. The molecule has 0 saturated heterocycles. The van der Waals surface area contributed by atoms with E-state index in [2.05, 4.69) is 0 Å². The van der Waals surface area contributed by atoms with Crippen LogP contribution in [0.4, 0.5) is 5.69 Å². The lowest BCUT2D eigenvalue weighted by Crippen LogP contribution is -2.13. The van der Waals surface area contributed by atoms with Crippen molar-refractivity contribution in [2.24, 2.45) is 5.92 Å². The van der Waals surface area contributed by atoms with Crippen molar-refractivity contribution >= 4 is 17.3 Å². The topological polar surface area (TPSA) is 35.2 Å². The van der Waals surface area contributed by atoms with Crippen LogP contribution in [-0.4, -0.2) is 6.61 Å². The maximum absolute atomic E-state index is 5.88. The van der Waals surface area contributed by atoms with Gasteiger partial charge in [0.25, 0.3) is 0 Å². The average Bonchev–Trinajstić information content (AvgIpc) is 2.33. The van der Waals surface area contributed by atoms with E-state index in [4.69, 9.17) is 22.1 Å². The zero-order valence-electron chi connectivity index (χ0n) is 10.1. The first-order chi connectivity index (χ1) is 8.25. The average molecular weight is 254 g/mol. The summed E-state index contributed by atoms with van der Waals surface area (Å²) in [5.74, 6) is 0.747. The van der Waals surface area contributed by atoms with Crippen LogP contribution in [0.3, 0.4) is 0 Å². The standard InChI is InChI=1S/C14H20ClNO/c15-13-7-6-12(14(16)8-13)10-17-9-11-4-2-1-3-5-11/h6-8,11H,1-5,9-10,16H2. The second-order valence-electron chi connectivity index (χ2n) is 4.86. The van der Waals surface area contributed by atoms with Gasteiger partial charge in [0.2, 0.25) is 0 Å². The Labute approximate surface area is 108 Å². The van der Waals surface area contributed by atoms with Crippen LogP contribution < -0.4 is 5.73 Å². The van der Waals surface area contributed by atoms with Crippen molar-refractivity contribution in [3.8, 4) is 0 Å². The fourth-order valence-corrected chi connectivity index (χ4v) is 2.57. The van der Waals surface area contributed by atoms with Gasteiger partial charge in [0.1, 0.15) is 0 Å². The largest absolute Gasteiger partial charge is 0.398 e. The van der Waals surface area contributed by atoms with Crippen LogP contribution in [0, 0.1) is 5.92 Å². The number of anilines is 1. The molecule has 0 spiro atoms. The molecule has 1 fully saturated rings. The van der Waals surface area contributed by atoms with Gasteiger partial charge in [0.05, 0.1) is 6.61 Å². The van der Waals surface area contributed by atoms with Crippen LogP contribution in [-0.2, 0) is 11.3 Å². The van der Waals surface area contributed by atoms with Crippen LogP contribution in [0.1, 0.15) is 37.7 Å². The van der Waals surface area contributed by atoms with Gasteiger partial charge >= 0.3 is 0 Å². The summed E-state index contributed by atoms with van der Waals surface area (Å²) in [7, 11) is 0. The molecule has 2 rings (SSSR count). The Balaban J connectivity index is 1.77. The Bertz CT molecular complexity index is 361. The van der Waals surface area contributed by atoms with Gasteiger partial charge in [0.15, 0.2) is 0 Å². The van der Waals surface area contributed by atoms with Gasteiger partial charge in [-0.2, -0.15) is 0 Å². The third-order valence-corrected chi connectivity index (χ3v) is 3.68. The summed E-state index contributed by atoms with van der Waals surface area (Å²) in [6.45, 7) is 1.46. The van der Waals surface area contributed by atoms with Crippen LogP contribution in [0.2, 0.25) is 5.02 Å². The van der Waals surface area contributed by atoms with Crippen molar-refractivity contribution in [3.05, 3.63) is 28.8 Å². The molecule has 1 aromatic carbocycles. The monoisotopic (exact) mass is 253 g/mol. The highest BCUT2D eigenvalue weighted by atomic mass is 35.5. The zero-order valence-corrected chi connectivity index (χ0v) is 10.9. The fourth-order valence-electron chi connectivity index (χ4n) is 2.39. The van der Waals surface area contributed by atoms with Crippen molar-refractivity contribution < 1.29 is 4.74 Å². The molecule has 2 nitrogen and oxygen atoms in total. The molecule has 1 aliphatic rings. The number of halogens is 1. The van der Waals surface area contributed by atoms with E-state index >= 15 is 0 Å². The summed E-state index contributed by atoms with van der Waals surface area (Å²) in [4.78, 5) is 0. The molecular weight excluding hydrogens is 234 g/mol. The Morgan fingerprint density at radius 2 is 2.00 bits per heavy atom. The molecule has 1 aliphatic carbocycles. The van der Waals surface area contributed by atoms with Crippen LogP contribution in [0.25, 0.3) is 0 Å². The van der Waals surface area contributed by atoms with Crippen LogP contribution >= 0.6 is 11.6 Å². The molecule has 1 saturated carbocycles. The molecule has 1 aromatic rings. The van der Waals surface area contributed by atoms with Crippen molar-refractivity contribution in [2.45, 2.75) is 38.7 Å². The lowest BCUT2D eigenvalue weighted by molar-refractivity contribution is 0.0742. The molecule has 17 heavy (non-hydrogen) atoms. The number of hydrogen-bond acceptors (Lipinski definition) is 2. The predicted molar refractivity (Wildman–Crippen MR) is 72.1 cm³/mol. The van der Waals surface area contributed by atoms with Gasteiger partial charge in [0, 0.05) is 22.9 Å². The van der Waals surface area contributed by atoms with E-state index in [0.29, 0.717) is 11.6 Å². The second-order valence-corrected chi connectivity index (χ2v) is 5.30. The van der Waals surface area contributed by atoms with E-state index in [9.17, 15) is 0 Å². The molecule has 0 radical (unpaired) electrons. The fraction of sp³-hybridized carbons (Fsp3) is 0.571. The predicted octanol–water partition coefficient (Wildman–Crippen LogP) is 4.02. The van der Waals surface area contributed by atoms with Crippen LogP contribution in [0.5, 0.6) is 0 Å². The highest BCUT2D eigenvalue weighted by Crippen LogP contribution is 2.24. The molecule has 0 heterocycles. The normalized spacial score (nSPS) is 17.2. The van der Waals surface area contributed by atoms with E-state index in [0.717, 1.165) is 23.8 Å². The quantitative estimate of drug-likeness (QED) is 0.823. The maximum atomic E-state index is 5.88. The summed E-state index contributed by atoms with van der Waals surface area (Å²) in [6, 6.07) is 5.58. The SMILES string of the molecule is Nc1cc(Cl)ccc1COCC1CCCCC1. The molecule has 2 N–H and O–H groups in total. The zero-order chi connectivity index (χ0) is 12.1. The molecule has 94 valence electrons.